The Kier molecular flexibility index (Phi) is 4.43. The molecular formula is C21H19N5O. The van der Waals surface area contributed by atoms with Crippen molar-refractivity contribution in [3.05, 3.63) is 66.6 Å². The summed E-state index contributed by atoms with van der Waals surface area (Å²) in [6.45, 7) is 1.49. The fourth-order valence-electron chi connectivity index (χ4n) is 3.61. The third-order valence-electron chi connectivity index (χ3n) is 5.23. The van der Waals surface area contributed by atoms with Crippen molar-refractivity contribution in [1.82, 2.24) is 15.2 Å². The Labute approximate surface area is 157 Å². The van der Waals surface area contributed by atoms with Crippen LogP contribution in [0.5, 0.6) is 5.75 Å². The third kappa shape index (κ3) is 3.20. The number of piperidine rings is 1. The Morgan fingerprint density at radius 3 is 2.59 bits per heavy atom. The number of para-hydroxylation sites is 1. The zero-order chi connectivity index (χ0) is 18.7. The molecule has 0 bridgehead atoms. The predicted molar refractivity (Wildman–Crippen MR) is 102 cm³/mol. The van der Waals surface area contributed by atoms with Crippen molar-refractivity contribution in [2.24, 2.45) is 0 Å². The van der Waals surface area contributed by atoms with Gasteiger partial charge in [0.05, 0.1) is 29.1 Å². The molecule has 3 aromatic rings. The number of benzene rings is 1. The van der Waals surface area contributed by atoms with Crippen LogP contribution in [0.2, 0.25) is 0 Å². The van der Waals surface area contributed by atoms with E-state index in [9.17, 15) is 10.4 Å². The monoisotopic (exact) mass is 357 g/mol. The van der Waals surface area contributed by atoms with Crippen molar-refractivity contribution < 1.29 is 5.11 Å². The van der Waals surface area contributed by atoms with E-state index in [1.54, 1.807) is 30.7 Å². The summed E-state index contributed by atoms with van der Waals surface area (Å²) in [5.74, 6) is 0.183. The molecule has 1 N–H and O–H groups in total. The van der Waals surface area contributed by atoms with E-state index >= 15 is 0 Å². The molecule has 1 fully saturated rings. The molecular weight excluding hydrogens is 338 g/mol. The van der Waals surface area contributed by atoms with Gasteiger partial charge in [-0.1, -0.05) is 18.2 Å². The quantitative estimate of drug-likeness (QED) is 0.774. The summed E-state index contributed by atoms with van der Waals surface area (Å²) in [5.41, 5.74) is 2.72. The lowest BCUT2D eigenvalue weighted by Crippen LogP contribution is -2.42. The van der Waals surface area contributed by atoms with Crippen LogP contribution in [0.3, 0.4) is 0 Å². The molecule has 134 valence electrons. The molecule has 2 aromatic heterocycles. The van der Waals surface area contributed by atoms with E-state index in [2.05, 4.69) is 26.2 Å². The van der Waals surface area contributed by atoms with Gasteiger partial charge in [0.15, 0.2) is 0 Å². The van der Waals surface area contributed by atoms with E-state index in [0.717, 1.165) is 37.2 Å². The second-order valence-electron chi connectivity index (χ2n) is 6.74. The summed E-state index contributed by atoms with van der Waals surface area (Å²) in [5, 5.41) is 28.2. The summed E-state index contributed by atoms with van der Waals surface area (Å²) in [6.07, 6.45) is 6.70. The van der Waals surface area contributed by atoms with Crippen molar-refractivity contribution in [1.29, 1.82) is 5.26 Å². The van der Waals surface area contributed by atoms with Gasteiger partial charge in [-0.25, -0.2) is 0 Å². The lowest BCUT2D eigenvalue weighted by molar-refractivity contribution is 0.414. The number of pyridine rings is 1. The number of hydrogen-bond donors (Lipinski definition) is 1. The molecule has 27 heavy (non-hydrogen) atoms. The lowest BCUT2D eigenvalue weighted by atomic mass is 9.74. The molecule has 3 heterocycles. The van der Waals surface area contributed by atoms with E-state index in [1.165, 1.54) is 0 Å². The number of aromatic hydroxyl groups is 1. The summed E-state index contributed by atoms with van der Waals surface area (Å²) in [7, 11) is 0. The zero-order valence-electron chi connectivity index (χ0n) is 14.8. The number of phenolic OH excluding ortho intramolecular Hbond substituents is 1. The molecule has 1 aliphatic heterocycles. The van der Waals surface area contributed by atoms with Gasteiger partial charge in [0.25, 0.3) is 0 Å². The van der Waals surface area contributed by atoms with Gasteiger partial charge >= 0.3 is 0 Å². The molecule has 0 aliphatic carbocycles. The zero-order valence-corrected chi connectivity index (χ0v) is 14.8. The topological polar surface area (TPSA) is 85.9 Å². The van der Waals surface area contributed by atoms with Gasteiger partial charge in [-0.2, -0.15) is 15.5 Å². The highest BCUT2D eigenvalue weighted by molar-refractivity contribution is 5.69. The fourth-order valence-corrected chi connectivity index (χ4v) is 3.61. The molecule has 1 saturated heterocycles. The molecule has 6 nitrogen and oxygen atoms in total. The maximum atomic E-state index is 10.1. The van der Waals surface area contributed by atoms with Crippen LogP contribution in [0.15, 0.2) is 61.1 Å². The van der Waals surface area contributed by atoms with Crippen LogP contribution in [0.25, 0.3) is 11.3 Å². The van der Waals surface area contributed by atoms with Gasteiger partial charge in [-0.3, -0.25) is 4.98 Å². The highest BCUT2D eigenvalue weighted by atomic mass is 16.3. The van der Waals surface area contributed by atoms with Crippen molar-refractivity contribution in [2.45, 2.75) is 18.3 Å². The number of nitrogens with zero attached hydrogens (tertiary/aromatic N) is 5. The third-order valence-corrected chi connectivity index (χ3v) is 5.23. The Balaban J connectivity index is 1.56. The van der Waals surface area contributed by atoms with Crippen LogP contribution in [0.4, 0.5) is 5.69 Å². The van der Waals surface area contributed by atoms with E-state index in [4.69, 9.17) is 0 Å². The average molecular weight is 357 g/mol. The number of phenols is 1. The molecule has 0 radical (unpaired) electrons. The molecule has 4 rings (SSSR count). The van der Waals surface area contributed by atoms with Crippen LogP contribution >= 0.6 is 0 Å². The van der Waals surface area contributed by atoms with Gasteiger partial charge in [0, 0.05) is 31.0 Å². The smallest absolute Gasteiger partial charge is 0.125 e. The Morgan fingerprint density at radius 1 is 1.07 bits per heavy atom. The normalized spacial score (nSPS) is 15.9. The second kappa shape index (κ2) is 7.04. The van der Waals surface area contributed by atoms with Gasteiger partial charge in [0.2, 0.25) is 0 Å². The van der Waals surface area contributed by atoms with E-state index in [1.807, 2.05) is 30.3 Å². The maximum absolute atomic E-state index is 10.1. The number of nitriles is 1. The second-order valence-corrected chi connectivity index (χ2v) is 6.74. The number of rotatable bonds is 3. The minimum Gasteiger partial charge on any atom is -0.507 e. The predicted octanol–water partition coefficient (Wildman–Crippen LogP) is 3.31. The SMILES string of the molecule is N#CC1(c2cccnc2)CCN(c2cnnc(-c3ccccc3O)c2)CC1. The first-order chi connectivity index (χ1) is 13.2. The average Bonchev–Trinajstić information content (AvgIpc) is 2.75. The summed E-state index contributed by atoms with van der Waals surface area (Å²) >= 11 is 0. The van der Waals surface area contributed by atoms with E-state index in [-0.39, 0.29) is 5.75 Å². The minimum absolute atomic E-state index is 0.183. The van der Waals surface area contributed by atoms with Crippen LogP contribution in [0, 0.1) is 11.3 Å². The molecule has 0 spiro atoms. The van der Waals surface area contributed by atoms with Gasteiger partial charge in [0.1, 0.15) is 5.75 Å². The van der Waals surface area contributed by atoms with Gasteiger partial charge < -0.3 is 10.0 Å². The Hall–Kier alpha value is -3.46. The van der Waals surface area contributed by atoms with Crippen LogP contribution in [0.1, 0.15) is 18.4 Å². The Morgan fingerprint density at radius 2 is 1.89 bits per heavy atom. The first-order valence-electron chi connectivity index (χ1n) is 8.90. The molecule has 1 aliphatic rings. The van der Waals surface area contributed by atoms with Crippen molar-refractivity contribution in [3.63, 3.8) is 0 Å². The van der Waals surface area contributed by atoms with Crippen molar-refractivity contribution in [3.8, 4) is 23.1 Å². The molecule has 0 unspecified atom stereocenters. The molecule has 0 amide bonds. The van der Waals surface area contributed by atoms with Crippen molar-refractivity contribution >= 4 is 5.69 Å². The van der Waals surface area contributed by atoms with Crippen molar-refractivity contribution in [2.75, 3.05) is 18.0 Å². The highest BCUT2D eigenvalue weighted by Crippen LogP contribution is 2.36. The van der Waals surface area contributed by atoms with Gasteiger partial charge in [-0.05, 0) is 42.7 Å². The highest BCUT2D eigenvalue weighted by Gasteiger charge is 2.36. The fraction of sp³-hybridized carbons (Fsp3) is 0.238. The molecule has 0 saturated carbocycles. The number of aromatic nitrogens is 3. The van der Waals surface area contributed by atoms with E-state index < -0.39 is 5.41 Å². The van der Waals surface area contributed by atoms with Crippen LogP contribution in [-0.4, -0.2) is 33.4 Å². The largest absolute Gasteiger partial charge is 0.507 e. The molecule has 6 heteroatoms. The number of anilines is 1. The molecule has 1 aromatic carbocycles. The van der Waals surface area contributed by atoms with E-state index in [0.29, 0.717) is 11.3 Å². The van der Waals surface area contributed by atoms with Crippen LogP contribution < -0.4 is 4.90 Å². The minimum atomic E-state index is -0.494. The summed E-state index contributed by atoms with van der Waals surface area (Å²) in [4.78, 5) is 6.39. The van der Waals surface area contributed by atoms with Crippen LogP contribution in [-0.2, 0) is 5.41 Å². The first-order valence-corrected chi connectivity index (χ1v) is 8.90. The summed E-state index contributed by atoms with van der Waals surface area (Å²) < 4.78 is 0. The molecule has 0 atom stereocenters. The Bertz CT molecular complexity index is 975. The summed E-state index contributed by atoms with van der Waals surface area (Å²) in [6, 6.07) is 15.4. The number of hydrogen-bond acceptors (Lipinski definition) is 6. The van der Waals surface area contributed by atoms with Gasteiger partial charge in [-0.15, -0.1) is 0 Å². The maximum Gasteiger partial charge on any atom is 0.125 e. The lowest BCUT2D eigenvalue weighted by Gasteiger charge is -2.38. The first kappa shape index (κ1) is 17.0. The standard InChI is InChI=1S/C21H19N5O/c22-15-21(16-4-3-9-23-13-16)7-10-26(11-8-21)17-12-19(25-24-14-17)18-5-1-2-6-20(18)27/h1-6,9,12-14,27H,7-8,10-11H2.